The van der Waals surface area contributed by atoms with Crippen LogP contribution in [0.5, 0.6) is 0 Å². The van der Waals surface area contributed by atoms with E-state index in [4.69, 9.17) is 22.1 Å². The lowest BCUT2D eigenvalue weighted by Gasteiger charge is -2.11. The van der Waals surface area contributed by atoms with Crippen molar-refractivity contribution in [2.24, 2.45) is 0 Å². The van der Waals surface area contributed by atoms with Crippen LogP contribution in [0.2, 0.25) is 0 Å². The van der Waals surface area contributed by atoms with Crippen molar-refractivity contribution in [2.75, 3.05) is 23.8 Å². The molecule has 1 fully saturated rings. The summed E-state index contributed by atoms with van der Waals surface area (Å²) in [4.78, 5) is 53.8. The highest BCUT2D eigenvalue weighted by atomic mass is 32.2. The van der Waals surface area contributed by atoms with Gasteiger partial charge in [-0.25, -0.2) is 14.6 Å². The zero-order valence-electron chi connectivity index (χ0n) is 17.4. The van der Waals surface area contributed by atoms with Gasteiger partial charge in [0.15, 0.2) is 5.13 Å². The van der Waals surface area contributed by atoms with E-state index in [1.165, 1.54) is 5.38 Å². The molecule has 13 heteroatoms. The number of nitrogens with zero attached hydrogens (tertiary/aromatic N) is 2. The summed E-state index contributed by atoms with van der Waals surface area (Å²) in [5.41, 5.74) is 1.58. The van der Waals surface area contributed by atoms with Gasteiger partial charge in [0.25, 0.3) is 5.91 Å². The lowest BCUT2D eigenvalue weighted by atomic mass is 10.2. The van der Waals surface area contributed by atoms with Gasteiger partial charge in [0.2, 0.25) is 0 Å². The maximum absolute atomic E-state index is 12.8. The number of aryl methyl sites for hydroxylation is 1. The number of carbonyl (C=O) groups excluding carboxylic acids is 3. The molecule has 1 aliphatic heterocycles. The number of amides is 3. The molecule has 0 saturated carbocycles. The van der Waals surface area contributed by atoms with Crippen LogP contribution in [-0.4, -0.2) is 56.3 Å². The monoisotopic (exact) mass is 506 g/mol. The second-order valence-corrected chi connectivity index (χ2v) is 9.06. The average molecular weight is 507 g/mol. The number of urea groups is 1. The average Bonchev–Trinajstić information content (AvgIpc) is 3.30. The third-order valence-electron chi connectivity index (χ3n) is 4.14. The Morgan fingerprint density at radius 2 is 1.91 bits per heavy atom. The fourth-order valence-corrected chi connectivity index (χ4v) is 4.69. The summed E-state index contributed by atoms with van der Waals surface area (Å²) >= 11 is 6.94. The van der Waals surface area contributed by atoms with E-state index < -0.39 is 30.4 Å². The van der Waals surface area contributed by atoms with E-state index in [0.717, 1.165) is 33.6 Å². The minimum absolute atomic E-state index is 0.00486. The van der Waals surface area contributed by atoms with Crippen LogP contribution < -0.4 is 10.6 Å². The van der Waals surface area contributed by atoms with Gasteiger partial charge in [-0.05, 0) is 26.0 Å². The highest BCUT2D eigenvalue weighted by molar-refractivity contribution is 8.26. The minimum atomic E-state index is -1.25. The van der Waals surface area contributed by atoms with Gasteiger partial charge in [0, 0.05) is 11.1 Å². The molecule has 0 aliphatic carbocycles. The summed E-state index contributed by atoms with van der Waals surface area (Å²) in [6.45, 7) is 2.95. The number of benzene rings is 1. The Morgan fingerprint density at radius 3 is 2.55 bits per heavy atom. The SMILES string of the molecule is CCOC(=O)/C(=C1\SC(=S)N(CC(=O)O)C1=O)c1csc(NC(=O)Nc2ccc(C)cc2)n1. The van der Waals surface area contributed by atoms with Gasteiger partial charge in [0.05, 0.1) is 17.2 Å². The fourth-order valence-electron chi connectivity index (χ4n) is 2.68. The molecule has 1 aromatic carbocycles. The highest BCUT2D eigenvalue weighted by Crippen LogP contribution is 2.38. The second kappa shape index (κ2) is 10.6. The van der Waals surface area contributed by atoms with E-state index in [9.17, 15) is 19.2 Å². The number of carboxylic acids is 1. The summed E-state index contributed by atoms with van der Waals surface area (Å²) in [5, 5.41) is 15.9. The molecule has 3 N–H and O–H groups in total. The number of thiazole rings is 1. The molecule has 10 nitrogen and oxygen atoms in total. The third-order valence-corrected chi connectivity index (χ3v) is 6.35. The van der Waals surface area contributed by atoms with Crippen molar-refractivity contribution in [3.8, 4) is 0 Å². The molecule has 1 aromatic heterocycles. The van der Waals surface area contributed by atoms with Crippen LogP contribution in [-0.2, 0) is 19.1 Å². The van der Waals surface area contributed by atoms with E-state index >= 15 is 0 Å². The lowest BCUT2D eigenvalue weighted by Crippen LogP contribution is -2.33. The topological polar surface area (TPSA) is 138 Å². The van der Waals surface area contributed by atoms with E-state index in [2.05, 4.69) is 15.6 Å². The molecule has 0 spiro atoms. The van der Waals surface area contributed by atoms with E-state index in [-0.39, 0.29) is 32.2 Å². The lowest BCUT2D eigenvalue weighted by molar-refractivity contribution is -0.140. The molecule has 1 aliphatic rings. The maximum atomic E-state index is 12.8. The molecule has 33 heavy (non-hydrogen) atoms. The van der Waals surface area contributed by atoms with Crippen LogP contribution in [0, 0.1) is 6.92 Å². The zero-order chi connectivity index (χ0) is 24.1. The number of thiocarbonyl (C=S) groups is 1. The summed E-state index contributed by atoms with van der Waals surface area (Å²) < 4.78 is 5.08. The molecular formula is C20H18N4O6S3. The Bertz CT molecular complexity index is 1160. The smallest absolute Gasteiger partial charge is 0.341 e. The molecule has 2 heterocycles. The predicted molar refractivity (Wildman–Crippen MR) is 129 cm³/mol. The Balaban J connectivity index is 1.85. The molecule has 2 aromatic rings. The Kier molecular flexibility index (Phi) is 7.79. The Morgan fingerprint density at radius 1 is 1.21 bits per heavy atom. The number of nitrogens with one attached hydrogen (secondary N) is 2. The van der Waals surface area contributed by atoms with E-state index in [0.29, 0.717) is 5.69 Å². The number of aliphatic carboxylic acids is 1. The first-order valence-corrected chi connectivity index (χ1v) is 11.6. The fraction of sp³-hybridized carbons (Fsp3) is 0.200. The second-order valence-electron chi connectivity index (χ2n) is 6.56. The van der Waals surface area contributed by atoms with Crippen molar-refractivity contribution < 1.29 is 29.0 Å². The quantitative estimate of drug-likeness (QED) is 0.293. The van der Waals surface area contributed by atoms with Gasteiger partial charge in [-0.3, -0.25) is 19.8 Å². The molecule has 1 saturated heterocycles. The van der Waals surface area contributed by atoms with Crippen molar-refractivity contribution in [1.29, 1.82) is 0 Å². The summed E-state index contributed by atoms with van der Waals surface area (Å²) in [6.07, 6.45) is 0. The largest absolute Gasteiger partial charge is 0.480 e. The number of anilines is 2. The summed E-state index contributed by atoms with van der Waals surface area (Å²) in [5.74, 6) is -2.78. The molecule has 0 bridgehead atoms. The van der Waals surface area contributed by atoms with Crippen LogP contribution in [0.15, 0.2) is 34.6 Å². The number of carbonyl (C=O) groups is 4. The van der Waals surface area contributed by atoms with Crippen LogP contribution in [0.1, 0.15) is 18.2 Å². The summed E-state index contributed by atoms with van der Waals surface area (Å²) in [6, 6.07) is 6.66. The number of carboxylic acid groups (broad SMARTS) is 1. The van der Waals surface area contributed by atoms with Gasteiger partial charge in [-0.15, -0.1) is 11.3 Å². The Hall–Kier alpha value is -3.29. The molecular weight excluding hydrogens is 488 g/mol. The number of rotatable bonds is 7. The number of ether oxygens (including phenoxy) is 1. The van der Waals surface area contributed by atoms with E-state index in [1.54, 1.807) is 19.1 Å². The molecule has 172 valence electrons. The third kappa shape index (κ3) is 5.94. The molecule has 0 unspecified atom stereocenters. The number of aromatic nitrogens is 1. The number of hydrogen-bond donors (Lipinski definition) is 3. The highest BCUT2D eigenvalue weighted by Gasteiger charge is 2.38. The van der Waals surface area contributed by atoms with Gasteiger partial charge in [-0.1, -0.05) is 41.7 Å². The van der Waals surface area contributed by atoms with E-state index in [1.807, 2.05) is 19.1 Å². The van der Waals surface area contributed by atoms with Crippen LogP contribution in [0.4, 0.5) is 15.6 Å². The number of hydrogen-bond acceptors (Lipinski definition) is 9. The number of thioether (sulfide) groups is 1. The van der Waals surface area contributed by atoms with Crippen molar-refractivity contribution >= 4 is 79.9 Å². The van der Waals surface area contributed by atoms with Gasteiger partial charge in [0.1, 0.15) is 16.4 Å². The Labute approximate surface area is 202 Å². The standard InChI is InChI=1S/C20H18N4O6S3/c1-3-30-17(28)14(15-16(27)24(8-13(25)26)20(31)33-15)12-9-32-19(22-12)23-18(29)21-11-6-4-10(2)5-7-11/h4-7,9H,3,8H2,1-2H3,(H,25,26)(H2,21,22,23,29)/b15-14-. The molecule has 0 radical (unpaired) electrons. The van der Waals surface area contributed by atoms with Gasteiger partial charge < -0.3 is 15.2 Å². The first-order valence-electron chi connectivity index (χ1n) is 9.47. The van der Waals surface area contributed by atoms with Crippen LogP contribution in [0.3, 0.4) is 0 Å². The van der Waals surface area contributed by atoms with Crippen LogP contribution in [0.25, 0.3) is 5.57 Å². The molecule has 3 amide bonds. The van der Waals surface area contributed by atoms with Crippen molar-refractivity contribution in [1.82, 2.24) is 9.88 Å². The van der Waals surface area contributed by atoms with Gasteiger partial charge in [-0.2, -0.15) is 0 Å². The minimum Gasteiger partial charge on any atom is -0.480 e. The first kappa shape index (κ1) is 24.4. The van der Waals surface area contributed by atoms with Gasteiger partial charge >= 0.3 is 18.0 Å². The maximum Gasteiger partial charge on any atom is 0.341 e. The molecule has 0 atom stereocenters. The van der Waals surface area contributed by atoms with Crippen LogP contribution >= 0.6 is 35.3 Å². The molecule has 3 rings (SSSR count). The van der Waals surface area contributed by atoms with Crippen molar-refractivity contribution in [3.63, 3.8) is 0 Å². The summed E-state index contributed by atoms with van der Waals surface area (Å²) in [7, 11) is 0. The normalized spacial score (nSPS) is 14.8. The number of esters is 1. The predicted octanol–water partition coefficient (Wildman–Crippen LogP) is 3.31. The van der Waals surface area contributed by atoms with Crippen molar-refractivity contribution in [3.05, 3.63) is 45.8 Å². The van der Waals surface area contributed by atoms with Crippen molar-refractivity contribution in [2.45, 2.75) is 13.8 Å². The first-order chi connectivity index (χ1) is 15.7. The zero-order valence-corrected chi connectivity index (χ0v) is 19.9.